The van der Waals surface area contributed by atoms with Crippen LogP contribution in [-0.4, -0.2) is 37.0 Å². The van der Waals surface area contributed by atoms with E-state index in [0.29, 0.717) is 11.8 Å². The first-order chi connectivity index (χ1) is 8.66. The monoisotopic (exact) mass is 308 g/mol. The van der Waals surface area contributed by atoms with Crippen molar-refractivity contribution in [2.45, 2.75) is 6.92 Å². The number of fused-ring (bicyclic) bond motifs is 1. The quantitative estimate of drug-likeness (QED) is 0.861. The van der Waals surface area contributed by atoms with E-state index in [0.717, 1.165) is 41.8 Å². The Kier molecular flexibility index (Phi) is 3.16. The summed E-state index contributed by atoms with van der Waals surface area (Å²) >= 11 is 3.49. The largest absolute Gasteiger partial charge is 0.338 e. The number of amides is 1. The van der Waals surface area contributed by atoms with Gasteiger partial charge in [0.25, 0.3) is 5.91 Å². The van der Waals surface area contributed by atoms with Gasteiger partial charge in [0.1, 0.15) is 0 Å². The molecule has 2 aliphatic heterocycles. The molecule has 96 valence electrons. The standard InChI is InChI=1S/C14H17BrN2O/c1-9-12(3-2-4-13(9)15)14(18)17-7-10-5-16-6-11(10)8-17/h2-4,10-11,16H,5-8H2,1H3/t10-,11+. The number of nitrogens with zero attached hydrogens (tertiary/aromatic N) is 1. The molecule has 0 radical (unpaired) electrons. The molecule has 1 amide bonds. The summed E-state index contributed by atoms with van der Waals surface area (Å²) in [6.07, 6.45) is 0. The van der Waals surface area contributed by atoms with Crippen LogP contribution in [-0.2, 0) is 0 Å². The Morgan fingerprint density at radius 2 is 2.00 bits per heavy atom. The molecule has 1 N–H and O–H groups in total. The van der Waals surface area contributed by atoms with Gasteiger partial charge in [-0.2, -0.15) is 0 Å². The summed E-state index contributed by atoms with van der Waals surface area (Å²) in [5, 5.41) is 3.40. The molecule has 2 aliphatic rings. The maximum absolute atomic E-state index is 12.5. The van der Waals surface area contributed by atoms with Gasteiger partial charge in [-0.25, -0.2) is 0 Å². The first kappa shape index (κ1) is 12.2. The maximum Gasteiger partial charge on any atom is 0.254 e. The zero-order chi connectivity index (χ0) is 12.7. The molecule has 2 heterocycles. The fourth-order valence-corrected chi connectivity index (χ4v) is 3.40. The van der Waals surface area contributed by atoms with Crippen LogP contribution in [0.4, 0.5) is 0 Å². The van der Waals surface area contributed by atoms with Crippen LogP contribution in [0.3, 0.4) is 0 Å². The van der Waals surface area contributed by atoms with E-state index in [1.807, 2.05) is 30.0 Å². The maximum atomic E-state index is 12.5. The molecule has 4 heteroatoms. The molecule has 0 aromatic heterocycles. The van der Waals surface area contributed by atoms with E-state index < -0.39 is 0 Å². The predicted octanol–water partition coefficient (Wildman–Crippen LogP) is 2.05. The van der Waals surface area contributed by atoms with Crippen LogP contribution in [0.25, 0.3) is 0 Å². The van der Waals surface area contributed by atoms with E-state index in [-0.39, 0.29) is 5.91 Å². The summed E-state index contributed by atoms with van der Waals surface area (Å²) in [6, 6.07) is 5.84. The van der Waals surface area contributed by atoms with E-state index in [1.54, 1.807) is 0 Å². The normalized spacial score (nSPS) is 26.4. The van der Waals surface area contributed by atoms with Crippen LogP contribution in [0.5, 0.6) is 0 Å². The molecule has 0 aliphatic carbocycles. The number of hydrogen-bond acceptors (Lipinski definition) is 2. The number of rotatable bonds is 1. The Labute approximate surface area is 116 Å². The Morgan fingerprint density at radius 3 is 2.67 bits per heavy atom. The fraction of sp³-hybridized carbons (Fsp3) is 0.500. The van der Waals surface area contributed by atoms with Gasteiger partial charge in [-0.05, 0) is 36.5 Å². The van der Waals surface area contributed by atoms with Crippen molar-refractivity contribution < 1.29 is 4.79 Å². The highest BCUT2D eigenvalue weighted by molar-refractivity contribution is 9.10. The Hall–Kier alpha value is -0.870. The van der Waals surface area contributed by atoms with Gasteiger partial charge in [0.05, 0.1) is 0 Å². The molecule has 0 unspecified atom stereocenters. The first-order valence-corrected chi connectivity index (χ1v) is 7.21. The summed E-state index contributed by atoms with van der Waals surface area (Å²) in [6.45, 7) is 5.93. The molecule has 3 rings (SSSR count). The van der Waals surface area contributed by atoms with Crippen LogP contribution in [0.2, 0.25) is 0 Å². The van der Waals surface area contributed by atoms with Crippen LogP contribution in [0, 0.1) is 18.8 Å². The lowest BCUT2D eigenvalue weighted by atomic mass is 10.0. The summed E-state index contributed by atoms with van der Waals surface area (Å²) in [7, 11) is 0. The van der Waals surface area contributed by atoms with Gasteiger partial charge in [0, 0.05) is 36.2 Å². The summed E-state index contributed by atoms with van der Waals surface area (Å²) < 4.78 is 1.01. The molecule has 0 saturated carbocycles. The first-order valence-electron chi connectivity index (χ1n) is 6.42. The van der Waals surface area contributed by atoms with Crippen molar-refractivity contribution in [3.8, 4) is 0 Å². The van der Waals surface area contributed by atoms with E-state index >= 15 is 0 Å². The van der Waals surface area contributed by atoms with Gasteiger partial charge in [0.2, 0.25) is 0 Å². The van der Waals surface area contributed by atoms with E-state index in [4.69, 9.17) is 0 Å². The van der Waals surface area contributed by atoms with Crippen molar-refractivity contribution in [1.29, 1.82) is 0 Å². The van der Waals surface area contributed by atoms with Gasteiger partial charge in [-0.15, -0.1) is 0 Å². The molecule has 1 aromatic carbocycles. The van der Waals surface area contributed by atoms with E-state index in [1.165, 1.54) is 0 Å². The van der Waals surface area contributed by atoms with Gasteiger partial charge in [0.15, 0.2) is 0 Å². The molecule has 2 saturated heterocycles. The highest BCUT2D eigenvalue weighted by atomic mass is 79.9. The zero-order valence-corrected chi connectivity index (χ0v) is 12.0. The fourth-order valence-electron chi connectivity index (χ4n) is 3.03. The Balaban J connectivity index is 1.81. The van der Waals surface area contributed by atoms with E-state index in [9.17, 15) is 4.79 Å². The van der Waals surface area contributed by atoms with Gasteiger partial charge in [-0.3, -0.25) is 4.79 Å². The minimum Gasteiger partial charge on any atom is -0.338 e. The molecule has 18 heavy (non-hydrogen) atoms. The van der Waals surface area contributed by atoms with Crippen LogP contribution in [0.1, 0.15) is 15.9 Å². The molecular formula is C14H17BrN2O. The molecule has 3 nitrogen and oxygen atoms in total. The topological polar surface area (TPSA) is 32.3 Å². The number of nitrogens with one attached hydrogen (secondary N) is 1. The molecule has 2 atom stereocenters. The Morgan fingerprint density at radius 1 is 1.33 bits per heavy atom. The highest BCUT2D eigenvalue weighted by Crippen LogP contribution is 2.29. The lowest BCUT2D eigenvalue weighted by Gasteiger charge is -2.19. The second kappa shape index (κ2) is 4.67. The second-order valence-corrected chi connectivity index (χ2v) is 6.16. The summed E-state index contributed by atoms with van der Waals surface area (Å²) in [4.78, 5) is 14.6. The number of carbonyl (C=O) groups is 1. The number of carbonyl (C=O) groups excluding carboxylic acids is 1. The molecule has 2 fully saturated rings. The Bertz CT molecular complexity index is 477. The number of likely N-dealkylation sites (tertiary alicyclic amines) is 1. The number of halogens is 1. The SMILES string of the molecule is Cc1c(Br)cccc1C(=O)N1C[C@H]2CNC[C@H]2C1. The molecular weight excluding hydrogens is 292 g/mol. The van der Waals surface area contributed by atoms with Crippen molar-refractivity contribution in [3.63, 3.8) is 0 Å². The predicted molar refractivity (Wildman–Crippen MR) is 74.6 cm³/mol. The van der Waals surface area contributed by atoms with Crippen LogP contribution < -0.4 is 5.32 Å². The minimum absolute atomic E-state index is 0.184. The number of hydrogen-bond donors (Lipinski definition) is 1. The van der Waals surface area contributed by atoms with Crippen molar-refractivity contribution in [3.05, 3.63) is 33.8 Å². The molecule has 1 aromatic rings. The van der Waals surface area contributed by atoms with Gasteiger partial charge in [-0.1, -0.05) is 22.0 Å². The van der Waals surface area contributed by atoms with Crippen molar-refractivity contribution in [1.82, 2.24) is 10.2 Å². The lowest BCUT2D eigenvalue weighted by Crippen LogP contribution is -2.32. The third-order valence-electron chi connectivity index (χ3n) is 4.17. The van der Waals surface area contributed by atoms with Crippen molar-refractivity contribution in [2.24, 2.45) is 11.8 Å². The third-order valence-corrected chi connectivity index (χ3v) is 5.03. The molecule has 0 bridgehead atoms. The van der Waals surface area contributed by atoms with Gasteiger partial charge >= 0.3 is 0 Å². The minimum atomic E-state index is 0.184. The highest BCUT2D eigenvalue weighted by Gasteiger charge is 2.38. The third kappa shape index (κ3) is 1.97. The van der Waals surface area contributed by atoms with Crippen LogP contribution >= 0.6 is 15.9 Å². The average Bonchev–Trinajstić information content (AvgIpc) is 2.92. The average molecular weight is 309 g/mol. The van der Waals surface area contributed by atoms with E-state index in [2.05, 4.69) is 21.2 Å². The summed E-state index contributed by atoms with van der Waals surface area (Å²) in [5.41, 5.74) is 1.87. The smallest absolute Gasteiger partial charge is 0.254 e. The van der Waals surface area contributed by atoms with Crippen molar-refractivity contribution in [2.75, 3.05) is 26.2 Å². The zero-order valence-electron chi connectivity index (χ0n) is 10.4. The second-order valence-electron chi connectivity index (χ2n) is 5.30. The van der Waals surface area contributed by atoms with Gasteiger partial charge < -0.3 is 10.2 Å². The lowest BCUT2D eigenvalue weighted by molar-refractivity contribution is 0.0781. The van der Waals surface area contributed by atoms with Crippen LogP contribution in [0.15, 0.2) is 22.7 Å². The van der Waals surface area contributed by atoms with Crippen molar-refractivity contribution >= 4 is 21.8 Å². The molecule has 0 spiro atoms. The summed E-state index contributed by atoms with van der Waals surface area (Å²) in [5.74, 6) is 1.49. The number of benzene rings is 1.